The topological polar surface area (TPSA) is 54.1 Å². The van der Waals surface area contributed by atoms with E-state index >= 15 is 0 Å². The summed E-state index contributed by atoms with van der Waals surface area (Å²) in [5.41, 5.74) is 7.59. The van der Waals surface area contributed by atoms with Gasteiger partial charge in [-0.05, 0) is 58.7 Å². The van der Waals surface area contributed by atoms with E-state index in [-0.39, 0.29) is 42.1 Å². The van der Waals surface area contributed by atoms with Gasteiger partial charge < -0.3 is 66.8 Å². The molecule has 4 aromatic heterocycles. The molecule has 0 atom stereocenters. The van der Waals surface area contributed by atoms with Crippen molar-refractivity contribution >= 4 is 21.8 Å². The van der Waals surface area contributed by atoms with E-state index in [2.05, 4.69) is 70.6 Å². The fourth-order valence-corrected chi connectivity index (χ4v) is 6.33. The van der Waals surface area contributed by atoms with Crippen LogP contribution in [0.3, 0.4) is 0 Å². The number of benzene rings is 6. The van der Waals surface area contributed by atoms with E-state index < -0.39 is 0 Å². The second-order valence-electron chi connectivity index (χ2n) is 13.1. The van der Waals surface area contributed by atoms with Crippen molar-refractivity contribution in [3.8, 4) is 68.7 Å². The molecule has 0 saturated carbocycles. The molecule has 0 spiro atoms. The molecule has 306 valence electrons. The third kappa shape index (κ3) is 11.1. The van der Waals surface area contributed by atoms with Crippen molar-refractivity contribution in [2.75, 3.05) is 0 Å². The summed E-state index contributed by atoms with van der Waals surface area (Å²) in [6.45, 7) is 0. The van der Waals surface area contributed by atoms with Gasteiger partial charge in [0.05, 0.1) is 11.0 Å². The molecule has 0 aliphatic heterocycles. The number of fused-ring (bicyclic) bond motifs is 2. The molecule has 62 heavy (non-hydrogen) atoms. The minimum Gasteiger partial charge on any atom is -0.669 e. The van der Waals surface area contributed by atoms with E-state index in [0.29, 0.717) is 34.4 Å². The summed E-state index contributed by atoms with van der Waals surface area (Å²) in [6, 6.07) is 72.3. The van der Waals surface area contributed by atoms with Crippen molar-refractivity contribution in [2.24, 2.45) is 0 Å². The van der Waals surface area contributed by atoms with Gasteiger partial charge in [-0.25, -0.2) is 22.1 Å². The molecule has 0 saturated heterocycles. The van der Waals surface area contributed by atoms with Crippen LogP contribution in [0.1, 0.15) is 0 Å². The summed E-state index contributed by atoms with van der Waals surface area (Å²) >= 11 is 0. The van der Waals surface area contributed by atoms with Crippen LogP contribution in [0.25, 0.3) is 55.2 Å². The first-order valence-electron chi connectivity index (χ1n) is 18.9. The Bertz CT molecular complexity index is 2880. The SMILES string of the molecule is [C-]#Cn1ccc2ccccc21.[C-]#Cn1ccc2ccccc21.[Pt].[Pt].[c-]1ccc(Oc2cc(-c3ccccc3)ccn2)[c-]c1-c1[c-]ccc(Oc2cc(-c3ccccc3)ccn2)[c-]1. The Hall–Kier alpha value is -7.20. The third-order valence-electron chi connectivity index (χ3n) is 9.22. The molecule has 10 aromatic rings. The number of aromatic nitrogens is 4. The van der Waals surface area contributed by atoms with Crippen LogP contribution in [-0.2, 0) is 42.1 Å². The van der Waals surface area contributed by atoms with Crippen LogP contribution >= 0.6 is 0 Å². The summed E-state index contributed by atoms with van der Waals surface area (Å²) in [4.78, 5) is 8.71. The first-order chi connectivity index (χ1) is 29.6. The van der Waals surface area contributed by atoms with Gasteiger partial charge in [0.1, 0.15) is 0 Å². The Morgan fingerprint density at radius 1 is 0.452 bits per heavy atom. The molecule has 0 aliphatic carbocycles. The maximum absolute atomic E-state index is 6.96. The fraction of sp³-hybridized carbons (Fsp3) is 0. The molecule has 0 amide bonds. The van der Waals surface area contributed by atoms with E-state index in [0.717, 1.165) is 44.1 Å². The van der Waals surface area contributed by atoms with Gasteiger partial charge in [0.25, 0.3) is 0 Å². The van der Waals surface area contributed by atoms with Gasteiger partial charge in [0, 0.05) is 89.8 Å². The maximum atomic E-state index is 6.96. The van der Waals surface area contributed by atoms with Crippen molar-refractivity contribution in [3.05, 3.63) is 232 Å². The molecular weight excluding hydrogens is 1130 g/mol. The summed E-state index contributed by atoms with van der Waals surface area (Å²) in [6.07, 6.45) is 21.0. The minimum atomic E-state index is 0. The molecule has 0 radical (unpaired) electrons. The van der Waals surface area contributed by atoms with Gasteiger partial charge in [0.2, 0.25) is 11.8 Å². The summed E-state index contributed by atoms with van der Waals surface area (Å²) in [7, 11) is 0. The van der Waals surface area contributed by atoms with Crippen molar-refractivity contribution in [1.82, 2.24) is 19.1 Å². The molecule has 0 unspecified atom stereocenters. The number of nitrogens with zero attached hydrogens (tertiary/aromatic N) is 4. The molecule has 0 fully saturated rings. The Morgan fingerprint density at radius 2 is 0.855 bits per heavy atom. The molecule has 0 N–H and O–H groups in total. The third-order valence-corrected chi connectivity index (χ3v) is 9.22. The summed E-state index contributed by atoms with van der Waals surface area (Å²) < 4.78 is 15.4. The summed E-state index contributed by atoms with van der Waals surface area (Å²) in [5.74, 6) is 1.99. The van der Waals surface area contributed by atoms with E-state index in [1.165, 1.54) is 0 Å². The second-order valence-corrected chi connectivity index (χ2v) is 13.1. The number of hydrogen-bond donors (Lipinski definition) is 0. The van der Waals surface area contributed by atoms with E-state index in [1.54, 1.807) is 45.8 Å². The van der Waals surface area contributed by atoms with Crippen LogP contribution < -0.4 is 9.47 Å². The zero-order chi connectivity index (χ0) is 40.9. The molecule has 0 aliphatic rings. The van der Waals surface area contributed by atoms with Crippen LogP contribution in [0.2, 0.25) is 0 Å². The standard InChI is InChI=1S/C34H20N2O2.2C10H6N.2Pt/c1-3-9-25(10-4-1)29-17-19-35-33(23-29)37-31-15-7-13-27(21-31)28-14-8-16-32(22-28)38-34-24-30(18-20-36-34)26-11-5-2-6-12-26;2*1-2-11-8-7-9-5-3-4-6-10(9)11;;/h1-12,15-20,23-24H;2*3-8H;;/q-4;2*-1;;. The monoisotopic (exact) mass is 1160 g/mol. The zero-order valence-corrected chi connectivity index (χ0v) is 37.3. The van der Waals surface area contributed by atoms with Crippen LogP contribution in [0.15, 0.2) is 195 Å². The van der Waals surface area contributed by atoms with Gasteiger partial charge in [-0.1, -0.05) is 109 Å². The second kappa shape index (κ2) is 21.9. The maximum Gasteiger partial charge on any atom is 0.216 e. The number of para-hydroxylation sites is 2. The molecular formula is C54H32N4O2Pt2-6. The quantitative estimate of drug-likeness (QED) is 0.118. The predicted molar refractivity (Wildman–Crippen MR) is 236 cm³/mol. The van der Waals surface area contributed by atoms with Gasteiger partial charge in [-0.15, -0.1) is 0 Å². The number of ether oxygens (including phenoxy) is 2. The number of pyridine rings is 2. The summed E-state index contributed by atoms with van der Waals surface area (Å²) in [5, 5.41) is 2.29. The first kappa shape index (κ1) is 44.4. The average molecular weight is 1160 g/mol. The Labute approximate surface area is 390 Å². The average Bonchev–Trinajstić information content (AvgIpc) is 3.95. The van der Waals surface area contributed by atoms with Gasteiger partial charge in [-0.2, -0.15) is 12.1 Å². The molecule has 6 nitrogen and oxygen atoms in total. The molecule has 6 aromatic carbocycles. The van der Waals surface area contributed by atoms with Gasteiger partial charge >= 0.3 is 0 Å². The Kier molecular flexibility index (Phi) is 15.6. The molecule has 0 bridgehead atoms. The van der Waals surface area contributed by atoms with Crippen LogP contribution in [0.4, 0.5) is 0 Å². The zero-order valence-electron chi connectivity index (χ0n) is 32.7. The van der Waals surface area contributed by atoms with Crippen molar-refractivity contribution in [2.45, 2.75) is 0 Å². The smallest absolute Gasteiger partial charge is 0.216 e. The largest absolute Gasteiger partial charge is 0.669 e. The van der Waals surface area contributed by atoms with Crippen molar-refractivity contribution < 1.29 is 51.6 Å². The van der Waals surface area contributed by atoms with Crippen LogP contribution in [0.5, 0.6) is 23.3 Å². The predicted octanol–water partition coefficient (Wildman–Crippen LogP) is 12.3. The van der Waals surface area contributed by atoms with E-state index in [9.17, 15) is 0 Å². The first-order valence-corrected chi connectivity index (χ1v) is 18.9. The number of rotatable bonds is 7. The Morgan fingerprint density at radius 3 is 1.27 bits per heavy atom. The van der Waals surface area contributed by atoms with E-state index in [1.807, 2.05) is 134 Å². The minimum absolute atomic E-state index is 0. The van der Waals surface area contributed by atoms with Crippen LogP contribution in [-0.4, -0.2) is 19.1 Å². The van der Waals surface area contributed by atoms with Crippen molar-refractivity contribution in [3.63, 3.8) is 0 Å². The normalized spacial score (nSPS) is 9.97. The van der Waals surface area contributed by atoms with Crippen LogP contribution in [0, 0.1) is 49.2 Å². The van der Waals surface area contributed by atoms with Gasteiger partial charge in [0.15, 0.2) is 0 Å². The van der Waals surface area contributed by atoms with Crippen molar-refractivity contribution in [1.29, 1.82) is 0 Å². The van der Waals surface area contributed by atoms with Gasteiger partial charge in [-0.3, -0.25) is 12.1 Å². The number of hydrogen-bond acceptors (Lipinski definition) is 4. The van der Waals surface area contributed by atoms with E-state index in [4.69, 9.17) is 22.3 Å². The molecule has 4 heterocycles. The molecule has 10 rings (SSSR count). The molecule has 8 heteroatoms. The Balaban J connectivity index is 0.000000217. The fourth-order valence-electron chi connectivity index (χ4n) is 6.33.